The van der Waals surface area contributed by atoms with Gasteiger partial charge in [-0.3, -0.25) is 0 Å². The van der Waals surface area contributed by atoms with Crippen LogP contribution in [-0.4, -0.2) is 22.3 Å². The highest BCUT2D eigenvalue weighted by Gasteiger charge is 2.21. The number of hydrogen-bond donors (Lipinski definition) is 1. The number of ether oxygens (including phenoxy) is 1. The van der Waals surface area contributed by atoms with Crippen LogP contribution in [0.25, 0.3) is 11.5 Å². The van der Waals surface area contributed by atoms with Gasteiger partial charge >= 0.3 is 0 Å². The van der Waals surface area contributed by atoms with Gasteiger partial charge in [-0.2, -0.15) is 0 Å². The van der Waals surface area contributed by atoms with Crippen molar-refractivity contribution in [2.75, 3.05) is 0 Å². The fraction of sp³-hybridized carbons (Fsp3) is 0.438. The molecule has 1 aliphatic carbocycles. The maximum atomic E-state index is 9.62. The van der Waals surface area contributed by atoms with E-state index < -0.39 is 0 Å². The molecule has 0 spiro atoms. The average Bonchev–Trinajstić information content (AvgIpc) is 2.95. The molecule has 2 atom stereocenters. The standard InChI is InChI=1S/C16H19NO3/c18-14-7-4-8-15(9-14)19-10-13-11-20-16(17-13)12-5-2-1-3-6-12/h1-3,5-6,11,14-15,18H,4,7-10H2/t14-,15+/m0/s1. The van der Waals surface area contributed by atoms with E-state index >= 15 is 0 Å². The van der Waals surface area contributed by atoms with E-state index in [1.165, 1.54) is 0 Å². The van der Waals surface area contributed by atoms with Crippen molar-refractivity contribution in [2.24, 2.45) is 0 Å². The van der Waals surface area contributed by atoms with Crippen LogP contribution in [0, 0.1) is 0 Å². The van der Waals surface area contributed by atoms with Crippen molar-refractivity contribution in [3.63, 3.8) is 0 Å². The highest BCUT2D eigenvalue weighted by Crippen LogP contribution is 2.23. The first-order valence-electron chi connectivity index (χ1n) is 7.11. The molecule has 1 aliphatic rings. The molecule has 1 aromatic heterocycles. The molecule has 1 fully saturated rings. The van der Waals surface area contributed by atoms with Gasteiger partial charge < -0.3 is 14.3 Å². The van der Waals surface area contributed by atoms with Gasteiger partial charge in [0.2, 0.25) is 5.89 Å². The Bertz CT molecular complexity index is 538. The van der Waals surface area contributed by atoms with E-state index in [2.05, 4.69) is 4.98 Å². The van der Waals surface area contributed by atoms with Gasteiger partial charge in [-0.25, -0.2) is 4.98 Å². The molecule has 1 saturated carbocycles. The minimum atomic E-state index is -0.217. The van der Waals surface area contributed by atoms with Crippen LogP contribution in [0.15, 0.2) is 41.0 Å². The van der Waals surface area contributed by atoms with Crippen molar-refractivity contribution in [3.8, 4) is 11.5 Å². The highest BCUT2D eigenvalue weighted by atomic mass is 16.5. The minimum Gasteiger partial charge on any atom is -0.444 e. The first-order valence-corrected chi connectivity index (χ1v) is 7.11. The second-order valence-electron chi connectivity index (χ2n) is 5.26. The Morgan fingerprint density at radius 2 is 2.10 bits per heavy atom. The third-order valence-corrected chi connectivity index (χ3v) is 3.64. The highest BCUT2D eigenvalue weighted by molar-refractivity contribution is 5.52. The van der Waals surface area contributed by atoms with Gasteiger partial charge in [0.15, 0.2) is 0 Å². The first-order chi connectivity index (χ1) is 9.81. The summed E-state index contributed by atoms with van der Waals surface area (Å²) in [5.41, 5.74) is 1.76. The predicted octanol–water partition coefficient (Wildman–Crippen LogP) is 3.16. The minimum absolute atomic E-state index is 0.135. The lowest BCUT2D eigenvalue weighted by atomic mass is 9.95. The maximum Gasteiger partial charge on any atom is 0.226 e. The summed E-state index contributed by atoms with van der Waals surface area (Å²) in [5, 5.41) is 9.62. The topological polar surface area (TPSA) is 55.5 Å². The van der Waals surface area contributed by atoms with Gasteiger partial charge in [-0.1, -0.05) is 18.2 Å². The summed E-state index contributed by atoms with van der Waals surface area (Å²) in [6.07, 6.45) is 5.22. The molecule has 1 aromatic carbocycles. The zero-order valence-electron chi connectivity index (χ0n) is 11.4. The van der Waals surface area contributed by atoms with Crippen molar-refractivity contribution in [2.45, 2.75) is 44.5 Å². The summed E-state index contributed by atoms with van der Waals surface area (Å²) in [6.45, 7) is 0.438. The van der Waals surface area contributed by atoms with E-state index in [4.69, 9.17) is 9.15 Å². The predicted molar refractivity (Wildman–Crippen MR) is 75.0 cm³/mol. The second kappa shape index (κ2) is 6.20. The molecule has 106 valence electrons. The van der Waals surface area contributed by atoms with Crippen LogP contribution >= 0.6 is 0 Å². The Morgan fingerprint density at radius 1 is 1.25 bits per heavy atom. The summed E-state index contributed by atoms with van der Waals surface area (Å²) in [7, 11) is 0. The van der Waals surface area contributed by atoms with E-state index in [0.29, 0.717) is 12.5 Å². The van der Waals surface area contributed by atoms with Crippen molar-refractivity contribution < 1.29 is 14.3 Å². The molecule has 4 heteroatoms. The van der Waals surface area contributed by atoms with E-state index in [9.17, 15) is 5.11 Å². The molecule has 0 saturated heterocycles. The van der Waals surface area contributed by atoms with Gasteiger partial charge in [0.1, 0.15) is 12.0 Å². The zero-order chi connectivity index (χ0) is 13.8. The first kappa shape index (κ1) is 13.3. The number of aromatic nitrogens is 1. The molecule has 1 heterocycles. The fourth-order valence-corrected chi connectivity index (χ4v) is 2.56. The lowest BCUT2D eigenvalue weighted by Crippen LogP contribution is -2.25. The van der Waals surface area contributed by atoms with E-state index in [0.717, 1.165) is 36.9 Å². The maximum absolute atomic E-state index is 9.62. The lowest BCUT2D eigenvalue weighted by Gasteiger charge is -2.25. The largest absolute Gasteiger partial charge is 0.444 e. The number of oxazole rings is 1. The number of nitrogens with zero attached hydrogens (tertiary/aromatic N) is 1. The molecule has 0 amide bonds. The molecule has 20 heavy (non-hydrogen) atoms. The van der Waals surface area contributed by atoms with Crippen LogP contribution in [0.5, 0.6) is 0 Å². The van der Waals surface area contributed by atoms with Crippen LogP contribution in [0.2, 0.25) is 0 Å². The quantitative estimate of drug-likeness (QED) is 0.929. The second-order valence-corrected chi connectivity index (χ2v) is 5.26. The molecule has 4 nitrogen and oxygen atoms in total. The summed E-state index contributed by atoms with van der Waals surface area (Å²) < 4.78 is 11.3. The van der Waals surface area contributed by atoms with Crippen LogP contribution in [-0.2, 0) is 11.3 Å². The number of aliphatic hydroxyl groups excluding tert-OH is 1. The number of hydrogen-bond acceptors (Lipinski definition) is 4. The molecule has 0 bridgehead atoms. The summed E-state index contributed by atoms with van der Waals surface area (Å²) in [6, 6.07) is 9.81. The van der Waals surface area contributed by atoms with Crippen molar-refractivity contribution >= 4 is 0 Å². The Balaban J connectivity index is 1.58. The Morgan fingerprint density at radius 3 is 2.90 bits per heavy atom. The third kappa shape index (κ3) is 3.26. The van der Waals surface area contributed by atoms with E-state index in [1.807, 2.05) is 30.3 Å². The number of benzene rings is 1. The third-order valence-electron chi connectivity index (χ3n) is 3.64. The van der Waals surface area contributed by atoms with Gasteiger partial charge in [0, 0.05) is 5.56 Å². The zero-order valence-corrected chi connectivity index (χ0v) is 11.4. The number of rotatable bonds is 4. The Labute approximate surface area is 118 Å². The van der Waals surface area contributed by atoms with Crippen molar-refractivity contribution in [3.05, 3.63) is 42.3 Å². The van der Waals surface area contributed by atoms with E-state index in [1.54, 1.807) is 6.26 Å². The fourth-order valence-electron chi connectivity index (χ4n) is 2.56. The normalized spacial score (nSPS) is 22.9. The van der Waals surface area contributed by atoms with Crippen molar-refractivity contribution in [1.29, 1.82) is 0 Å². The molecular weight excluding hydrogens is 254 g/mol. The Hall–Kier alpha value is -1.65. The molecule has 3 rings (SSSR count). The monoisotopic (exact) mass is 273 g/mol. The van der Waals surface area contributed by atoms with Gasteiger partial charge in [0.05, 0.1) is 18.8 Å². The van der Waals surface area contributed by atoms with Crippen LogP contribution in [0.4, 0.5) is 0 Å². The van der Waals surface area contributed by atoms with Gasteiger partial charge in [0.25, 0.3) is 0 Å². The molecule has 0 aliphatic heterocycles. The average molecular weight is 273 g/mol. The molecule has 0 radical (unpaired) electrons. The molecule has 1 N–H and O–H groups in total. The van der Waals surface area contributed by atoms with Gasteiger partial charge in [-0.15, -0.1) is 0 Å². The molecular formula is C16H19NO3. The summed E-state index contributed by atoms with van der Waals surface area (Å²) >= 11 is 0. The number of aliphatic hydroxyl groups is 1. The van der Waals surface area contributed by atoms with Gasteiger partial charge in [-0.05, 0) is 37.8 Å². The molecule has 0 unspecified atom stereocenters. The van der Waals surface area contributed by atoms with Crippen LogP contribution in [0.1, 0.15) is 31.4 Å². The van der Waals surface area contributed by atoms with Crippen molar-refractivity contribution in [1.82, 2.24) is 4.98 Å². The lowest BCUT2D eigenvalue weighted by molar-refractivity contribution is -0.0238. The molecule has 2 aromatic rings. The smallest absolute Gasteiger partial charge is 0.226 e. The SMILES string of the molecule is O[C@H]1CCC[C@@H](OCc2coc(-c3ccccc3)n2)C1. The van der Waals surface area contributed by atoms with Crippen LogP contribution < -0.4 is 0 Å². The summed E-state index contributed by atoms with van der Waals surface area (Å²) in [4.78, 5) is 4.43. The summed E-state index contributed by atoms with van der Waals surface area (Å²) in [5.74, 6) is 0.618. The van der Waals surface area contributed by atoms with E-state index in [-0.39, 0.29) is 12.2 Å². The Kier molecular flexibility index (Phi) is 4.14. The van der Waals surface area contributed by atoms with Crippen LogP contribution in [0.3, 0.4) is 0 Å².